The summed E-state index contributed by atoms with van der Waals surface area (Å²) < 4.78 is 0.646. The van der Waals surface area contributed by atoms with Gasteiger partial charge in [-0.1, -0.05) is 30.3 Å². The number of amides is 2. The van der Waals surface area contributed by atoms with E-state index >= 15 is 0 Å². The van der Waals surface area contributed by atoms with Crippen molar-refractivity contribution in [2.45, 2.75) is 6.61 Å². The summed E-state index contributed by atoms with van der Waals surface area (Å²) in [5, 5.41) is 2.33. The number of benzene rings is 1. The summed E-state index contributed by atoms with van der Waals surface area (Å²) in [4.78, 5) is 15.9. The van der Waals surface area contributed by atoms with Crippen LogP contribution in [0.25, 0.3) is 0 Å². The second kappa shape index (κ2) is 5.47. The Morgan fingerprint density at radius 1 is 1.50 bits per heavy atom. The molecule has 76 valence electrons. The summed E-state index contributed by atoms with van der Waals surface area (Å²) in [6, 6.07) is 8.95. The fourth-order valence-electron chi connectivity index (χ4n) is 0.852. The van der Waals surface area contributed by atoms with E-state index in [1.165, 1.54) is 7.05 Å². The molecule has 0 aromatic heterocycles. The van der Waals surface area contributed by atoms with Gasteiger partial charge in [0.25, 0.3) is 0 Å². The Balaban J connectivity index is 2.38. The zero-order valence-electron chi connectivity index (χ0n) is 7.74. The highest BCUT2D eigenvalue weighted by Gasteiger charge is 2.08. The van der Waals surface area contributed by atoms with Crippen LogP contribution in [0.3, 0.4) is 0 Å². The zero-order chi connectivity index (χ0) is 10.4. The third-order valence-electron chi connectivity index (χ3n) is 1.56. The summed E-state index contributed by atoms with van der Waals surface area (Å²) >= 11 is 5.48. The lowest BCUT2D eigenvalue weighted by atomic mass is 10.2. The molecule has 4 nitrogen and oxygen atoms in total. The maximum atomic E-state index is 10.9. The van der Waals surface area contributed by atoms with E-state index in [1.807, 2.05) is 30.3 Å². The average molecular weight is 215 g/mol. The fraction of sp³-hybridized carbons (Fsp3) is 0.222. The minimum atomic E-state index is -0.498. The summed E-state index contributed by atoms with van der Waals surface area (Å²) in [7, 11) is 1.48. The van der Waals surface area contributed by atoms with E-state index in [4.69, 9.17) is 16.6 Å². The van der Waals surface area contributed by atoms with E-state index in [1.54, 1.807) is 0 Å². The maximum Gasteiger partial charge on any atom is 0.356 e. The molecule has 0 aliphatic carbocycles. The van der Waals surface area contributed by atoms with Crippen molar-refractivity contribution in [1.29, 1.82) is 0 Å². The van der Waals surface area contributed by atoms with Crippen LogP contribution in [0.4, 0.5) is 4.79 Å². The van der Waals surface area contributed by atoms with Crippen molar-refractivity contribution < 1.29 is 9.63 Å². The standard InChI is InChI=1S/C9H11ClN2O2/c1-11-9(13)12(10)14-7-8-5-3-2-4-6-8/h2-6H,7H2,1H3,(H,11,13). The summed E-state index contributed by atoms with van der Waals surface area (Å²) in [6.07, 6.45) is 0. The highest BCUT2D eigenvalue weighted by Crippen LogP contribution is 2.04. The summed E-state index contributed by atoms with van der Waals surface area (Å²) in [6.45, 7) is 0.262. The molecule has 5 heteroatoms. The molecule has 1 aromatic rings. The Morgan fingerprint density at radius 3 is 2.71 bits per heavy atom. The van der Waals surface area contributed by atoms with Gasteiger partial charge < -0.3 is 5.32 Å². The Bertz CT molecular complexity index is 292. The van der Waals surface area contributed by atoms with Gasteiger partial charge in [0.15, 0.2) is 0 Å². The lowest BCUT2D eigenvalue weighted by Gasteiger charge is -2.12. The number of hydrogen-bond donors (Lipinski definition) is 1. The van der Waals surface area contributed by atoms with Gasteiger partial charge in [0.05, 0.1) is 0 Å². The van der Waals surface area contributed by atoms with Crippen molar-refractivity contribution in [2.24, 2.45) is 0 Å². The first-order valence-electron chi connectivity index (χ1n) is 4.08. The van der Waals surface area contributed by atoms with Crippen molar-refractivity contribution in [3.63, 3.8) is 0 Å². The summed E-state index contributed by atoms with van der Waals surface area (Å²) in [5.74, 6) is 0. The molecule has 0 unspecified atom stereocenters. The highest BCUT2D eigenvalue weighted by atomic mass is 35.5. The van der Waals surface area contributed by atoms with Crippen LogP contribution < -0.4 is 5.32 Å². The van der Waals surface area contributed by atoms with Gasteiger partial charge in [-0.05, 0) is 5.56 Å². The molecule has 0 saturated heterocycles. The van der Waals surface area contributed by atoms with Gasteiger partial charge >= 0.3 is 6.03 Å². The third-order valence-corrected chi connectivity index (χ3v) is 1.81. The number of carbonyl (C=O) groups is 1. The van der Waals surface area contributed by atoms with Gasteiger partial charge in [0, 0.05) is 18.8 Å². The SMILES string of the molecule is CNC(=O)N(Cl)OCc1ccccc1. The van der Waals surface area contributed by atoms with Gasteiger partial charge in [0.2, 0.25) is 0 Å². The second-order valence-corrected chi connectivity index (χ2v) is 2.87. The molecule has 0 aliphatic rings. The first kappa shape index (κ1) is 10.8. The average Bonchev–Trinajstić information content (AvgIpc) is 2.26. The van der Waals surface area contributed by atoms with Crippen molar-refractivity contribution in [2.75, 3.05) is 7.05 Å². The Hall–Kier alpha value is -1.26. The second-order valence-electron chi connectivity index (χ2n) is 2.56. The van der Waals surface area contributed by atoms with Gasteiger partial charge in [-0.3, -0.25) is 0 Å². The number of urea groups is 1. The minimum Gasteiger partial charge on any atom is -0.338 e. The molecule has 0 atom stereocenters. The van der Waals surface area contributed by atoms with Crippen LogP contribution in [0.2, 0.25) is 0 Å². The predicted octanol–water partition coefficient (Wildman–Crippen LogP) is 1.91. The molecule has 0 heterocycles. The van der Waals surface area contributed by atoms with Crippen LogP contribution >= 0.6 is 11.8 Å². The van der Waals surface area contributed by atoms with E-state index in [2.05, 4.69) is 5.32 Å². The molecule has 14 heavy (non-hydrogen) atoms. The molecule has 0 saturated carbocycles. The third kappa shape index (κ3) is 3.24. The van der Waals surface area contributed by atoms with Crippen LogP contribution in [0.5, 0.6) is 0 Å². The Morgan fingerprint density at radius 2 is 2.14 bits per heavy atom. The largest absolute Gasteiger partial charge is 0.356 e. The molecule has 1 rings (SSSR count). The highest BCUT2D eigenvalue weighted by molar-refractivity contribution is 6.19. The molecular formula is C9H11ClN2O2. The lowest BCUT2D eigenvalue weighted by molar-refractivity contribution is -0.0588. The molecule has 1 aromatic carbocycles. The van der Waals surface area contributed by atoms with E-state index in [-0.39, 0.29) is 6.61 Å². The number of hydrogen-bond acceptors (Lipinski definition) is 2. The molecular weight excluding hydrogens is 204 g/mol. The number of nitrogens with one attached hydrogen (secondary N) is 1. The topological polar surface area (TPSA) is 41.6 Å². The first-order valence-corrected chi connectivity index (χ1v) is 4.42. The van der Waals surface area contributed by atoms with Gasteiger partial charge in [-0.2, -0.15) is 0 Å². The van der Waals surface area contributed by atoms with Crippen LogP contribution in [0.1, 0.15) is 5.56 Å². The summed E-state index contributed by atoms with van der Waals surface area (Å²) in [5.41, 5.74) is 0.946. The number of rotatable bonds is 3. The molecule has 2 amide bonds. The van der Waals surface area contributed by atoms with Gasteiger partial charge in [-0.15, -0.1) is 4.58 Å². The number of nitrogens with zero attached hydrogens (tertiary/aromatic N) is 1. The smallest absolute Gasteiger partial charge is 0.338 e. The number of hydroxylamine groups is 1. The Kier molecular flexibility index (Phi) is 4.22. The Labute approximate surface area is 87.5 Å². The van der Waals surface area contributed by atoms with Gasteiger partial charge in [-0.25, -0.2) is 9.63 Å². The molecule has 0 bridgehead atoms. The van der Waals surface area contributed by atoms with Crippen molar-refractivity contribution in [3.8, 4) is 0 Å². The van der Waals surface area contributed by atoms with E-state index in [9.17, 15) is 4.79 Å². The van der Waals surface area contributed by atoms with Crippen LogP contribution in [0, 0.1) is 0 Å². The first-order chi connectivity index (χ1) is 6.74. The van der Waals surface area contributed by atoms with Crippen molar-refractivity contribution in [3.05, 3.63) is 35.9 Å². The van der Waals surface area contributed by atoms with Crippen molar-refractivity contribution in [1.82, 2.24) is 9.90 Å². The van der Waals surface area contributed by atoms with Crippen LogP contribution in [0.15, 0.2) is 30.3 Å². The normalized spacial score (nSPS) is 9.57. The number of carbonyl (C=O) groups excluding carboxylic acids is 1. The van der Waals surface area contributed by atoms with E-state index in [0.717, 1.165) is 5.56 Å². The van der Waals surface area contributed by atoms with E-state index in [0.29, 0.717) is 4.58 Å². The van der Waals surface area contributed by atoms with E-state index < -0.39 is 6.03 Å². The molecule has 0 fully saturated rings. The lowest BCUT2D eigenvalue weighted by Crippen LogP contribution is -2.30. The molecule has 1 N–H and O–H groups in total. The monoisotopic (exact) mass is 214 g/mol. The molecule has 0 spiro atoms. The van der Waals surface area contributed by atoms with Crippen LogP contribution in [-0.4, -0.2) is 17.7 Å². The quantitative estimate of drug-likeness (QED) is 0.617. The van der Waals surface area contributed by atoms with Crippen LogP contribution in [-0.2, 0) is 11.4 Å². The minimum absolute atomic E-state index is 0.262. The van der Waals surface area contributed by atoms with Crippen molar-refractivity contribution >= 4 is 17.8 Å². The molecule has 0 radical (unpaired) electrons. The van der Waals surface area contributed by atoms with Gasteiger partial charge in [0.1, 0.15) is 6.61 Å². The fourth-order valence-corrected chi connectivity index (χ4v) is 0.985. The molecule has 0 aliphatic heterocycles. The number of halogens is 1. The maximum absolute atomic E-state index is 10.9. The zero-order valence-corrected chi connectivity index (χ0v) is 8.49. The predicted molar refractivity (Wildman–Crippen MR) is 53.4 cm³/mol.